The number of carbonyl (C=O) groups is 1. The molecule has 0 radical (unpaired) electrons. The Morgan fingerprint density at radius 3 is 2.16 bits per heavy atom. The number of rotatable bonds is 10. The van der Waals surface area contributed by atoms with Crippen molar-refractivity contribution in [1.82, 2.24) is 10.2 Å². The average Bonchev–Trinajstić information content (AvgIpc) is 3.50. The summed E-state index contributed by atoms with van der Waals surface area (Å²) < 4.78 is 19.6. The van der Waals surface area contributed by atoms with Gasteiger partial charge in [0.15, 0.2) is 10.6 Å². The molecule has 1 aromatic heterocycles. The van der Waals surface area contributed by atoms with Crippen LogP contribution >= 0.6 is 23.1 Å². The van der Waals surface area contributed by atoms with Gasteiger partial charge in [-0.2, -0.15) is 0 Å². The van der Waals surface area contributed by atoms with Gasteiger partial charge in [0.05, 0.1) is 18.8 Å². The van der Waals surface area contributed by atoms with Crippen LogP contribution in [0.1, 0.15) is 40.5 Å². The van der Waals surface area contributed by atoms with Gasteiger partial charge in [0, 0.05) is 29.1 Å². The van der Waals surface area contributed by atoms with Gasteiger partial charge in [0.25, 0.3) is 0 Å². The quantitative estimate of drug-likeness (QED) is 0.131. The van der Waals surface area contributed by atoms with Crippen molar-refractivity contribution in [3.05, 3.63) is 125 Å². The van der Waals surface area contributed by atoms with E-state index in [0.29, 0.717) is 29.3 Å². The average molecular weight is 641 g/mol. The van der Waals surface area contributed by atoms with Gasteiger partial charge in [0.1, 0.15) is 16.5 Å². The fourth-order valence-electron chi connectivity index (χ4n) is 4.77. The predicted octanol–water partition coefficient (Wildman–Crippen LogP) is 8.11. The summed E-state index contributed by atoms with van der Waals surface area (Å²) >= 11 is 3.20. The number of para-hydroxylation sites is 1. The largest absolute Gasteiger partial charge is 0.457 e. The maximum absolute atomic E-state index is 12.7. The number of aliphatic hydroxyl groups excluding tert-OH is 1. The number of hydrogen-bond donors (Lipinski definition) is 3. The van der Waals surface area contributed by atoms with Crippen LogP contribution in [0.5, 0.6) is 11.5 Å². The molecule has 9 nitrogen and oxygen atoms in total. The smallest absolute Gasteiger partial charge is 0.323 e. The number of nitrogens with one attached hydrogen (secondary N) is 2. The molecule has 6 rings (SSSR count). The van der Waals surface area contributed by atoms with Crippen LogP contribution in [0.4, 0.5) is 16.2 Å². The fourth-order valence-corrected chi connectivity index (χ4v) is 6.63. The van der Waals surface area contributed by atoms with Crippen molar-refractivity contribution >= 4 is 40.5 Å². The summed E-state index contributed by atoms with van der Waals surface area (Å²) in [6, 6.07) is 31.6. The summed E-state index contributed by atoms with van der Waals surface area (Å²) in [6.07, 6.45) is -0.193. The van der Waals surface area contributed by atoms with Crippen LogP contribution in [-0.4, -0.2) is 33.2 Å². The minimum atomic E-state index is -0.595. The highest BCUT2D eigenvalue weighted by Crippen LogP contribution is 2.40. The molecule has 1 saturated heterocycles. The number of amides is 2. The topological polar surface area (TPSA) is 115 Å². The van der Waals surface area contributed by atoms with Gasteiger partial charge in [-0.15, -0.1) is 10.2 Å². The molecule has 5 aromatic rings. The summed E-state index contributed by atoms with van der Waals surface area (Å²) in [7, 11) is 0. The number of thioether (sulfide) groups is 1. The van der Waals surface area contributed by atoms with Crippen molar-refractivity contribution in [2.75, 3.05) is 16.4 Å². The number of aromatic nitrogens is 2. The van der Waals surface area contributed by atoms with Crippen molar-refractivity contribution in [2.45, 2.75) is 42.8 Å². The van der Waals surface area contributed by atoms with E-state index in [-0.39, 0.29) is 24.8 Å². The van der Waals surface area contributed by atoms with Crippen LogP contribution in [-0.2, 0) is 16.1 Å². The minimum Gasteiger partial charge on any atom is -0.457 e. The van der Waals surface area contributed by atoms with Gasteiger partial charge < -0.3 is 30.0 Å². The summed E-state index contributed by atoms with van der Waals surface area (Å²) in [4.78, 5) is 12.7. The standard InChI is InChI=1S/C34H32N4O5S2/c1-22-37-38-34(45-22)44-21-30-19-31(24-9-7-23(20-39)8-10-24)43-32(42-30)25-11-13-26(14-12-25)35-33(40)36-27-15-17-29(18-16-27)41-28-5-3-2-4-6-28/h2-18,30-32,39H,19-21H2,1H3,(H2,35,36,40)/t30-,31+,32+/m0/s1. The molecule has 2 amide bonds. The van der Waals surface area contributed by atoms with E-state index in [9.17, 15) is 9.90 Å². The SMILES string of the molecule is Cc1nnc(SC[C@@H]2C[C@H](c3ccc(CO)cc3)O[C@H](c3ccc(NC(=O)Nc4ccc(Oc5ccccc5)cc4)cc3)O2)s1. The fraction of sp³-hybridized carbons (Fsp3) is 0.206. The number of benzene rings is 4. The molecule has 11 heteroatoms. The van der Waals surface area contributed by atoms with Gasteiger partial charge in [0.2, 0.25) is 0 Å². The number of carbonyl (C=O) groups excluding carboxylic acids is 1. The van der Waals surface area contributed by atoms with Crippen molar-refractivity contribution in [1.29, 1.82) is 0 Å². The number of aliphatic hydroxyl groups is 1. The monoisotopic (exact) mass is 640 g/mol. The van der Waals surface area contributed by atoms with E-state index in [1.165, 1.54) is 0 Å². The number of nitrogens with zero attached hydrogens (tertiary/aromatic N) is 2. The maximum Gasteiger partial charge on any atom is 0.323 e. The van der Waals surface area contributed by atoms with Gasteiger partial charge in [-0.3, -0.25) is 0 Å². The molecule has 0 unspecified atom stereocenters. The highest BCUT2D eigenvalue weighted by molar-refractivity contribution is 8.01. The molecule has 230 valence electrons. The second-order valence-electron chi connectivity index (χ2n) is 10.4. The molecule has 45 heavy (non-hydrogen) atoms. The zero-order valence-electron chi connectivity index (χ0n) is 24.5. The molecule has 3 atom stereocenters. The third kappa shape index (κ3) is 8.47. The molecule has 0 aliphatic carbocycles. The molecule has 0 bridgehead atoms. The Morgan fingerprint density at radius 1 is 0.867 bits per heavy atom. The summed E-state index contributed by atoms with van der Waals surface area (Å²) in [5, 5.41) is 24.4. The zero-order chi connectivity index (χ0) is 31.0. The van der Waals surface area contributed by atoms with E-state index in [1.807, 2.05) is 85.8 Å². The lowest BCUT2D eigenvalue weighted by molar-refractivity contribution is -0.245. The first-order chi connectivity index (χ1) is 22.0. The van der Waals surface area contributed by atoms with E-state index in [2.05, 4.69) is 20.8 Å². The lowest BCUT2D eigenvalue weighted by Gasteiger charge is -2.36. The van der Waals surface area contributed by atoms with Crippen LogP contribution in [0.2, 0.25) is 0 Å². The molecular weight excluding hydrogens is 609 g/mol. The molecule has 2 heterocycles. The van der Waals surface area contributed by atoms with Gasteiger partial charge in [-0.1, -0.05) is 77.7 Å². The Balaban J connectivity index is 1.08. The number of ether oxygens (including phenoxy) is 3. The molecular formula is C34H32N4O5S2. The van der Waals surface area contributed by atoms with E-state index in [4.69, 9.17) is 14.2 Å². The molecule has 0 saturated carbocycles. The van der Waals surface area contributed by atoms with Crippen LogP contribution in [0, 0.1) is 6.92 Å². The first-order valence-corrected chi connectivity index (χ1v) is 16.3. The van der Waals surface area contributed by atoms with Crippen molar-refractivity contribution in [2.24, 2.45) is 0 Å². The van der Waals surface area contributed by atoms with Gasteiger partial charge in [-0.25, -0.2) is 4.79 Å². The van der Waals surface area contributed by atoms with E-state index >= 15 is 0 Å². The summed E-state index contributed by atoms with van der Waals surface area (Å²) in [6.45, 7) is 1.93. The lowest BCUT2D eigenvalue weighted by Crippen LogP contribution is -2.31. The number of aryl methyl sites for hydroxylation is 1. The summed E-state index contributed by atoms with van der Waals surface area (Å²) in [5.74, 6) is 2.13. The highest BCUT2D eigenvalue weighted by Gasteiger charge is 2.32. The van der Waals surface area contributed by atoms with Gasteiger partial charge in [-0.05, 0) is 66.6 Å². The number of anilines is 2. The Kier molecular flexibility index (Phi) is 10.0. The Hall–Kier alpha value is -4.26. The molecule has 3 N–H and O–H groups in total. The molecule has 1 aliphatic rings. The van der Waals surface area contributed by atoms with E-state index < -0.39 is 6.29 Å². The van der Waals surface area contributed by atoms with Crippen molar-refractivity contribution in [3.8, 4) is 11.5 Å². The number of hydrogen-bond acceptors (Lipinski definition) is 9. The molecule has 1 aliphatic heterocycles. The second kappa shape index (κ2) is 14.7. The predicted molar refractivity (Wildman–Crippen MR) is 176 cm³/mol. The van der Waals surface area contributed by atoms with Gasteiger partial charge >= 0.3 is 6.03 Å². The maximum atomic E-state index is 12.7. The minimum absolute atomic E-state index is 0.00747. The third-order valence-electron chi connectivity index (χ3n) is 7.05. The molecule has 1 fully saturated rings. The van der Waals surface area contributed by atoms with Crippen molar-refractivity contribution < 1.29 is 24.1 Å². The van der Waals surface area contributed by atoms with Crippen LogP contribution < -0.4 is 15.4 Å². The zero-order valence-corrected chi connectivity index (χ0v) is 26.1. The molecule has 0 spiro atoms. The Bertz CT molecular complexity index is 1680. The van der Waals surface area contributed by atoms with Crippen LogP contribution in [0.15, 0.2) is 107 Å². The lowest BCUT2D eigenvalue weighted by atomic mass is 10.0. The first kappa shape index (κ1) is 30.8. The molecule has 4 aromatic carbocycles. The number of urea groups is 1. The normalized spacial score (nSPS) is 17.9. The van der Waals surface area contributed by atoms with E-state index in [0.717, 1.165) is 31.8 Å². The Labute approximate surface area is 269 Å². The van der Waals surface area contributed by atoms with Crippen LogP contribution in [0.3, 0.4) is 0 Å². The van der Waals surface area contributed by atoms with Crippen molar-refractivity contribution in [3.63, 3.8) is 0 Å². The highest BCUT2D eigenvalue weighted by atomic mass is 32.2. The summed E-state index contributed by atoms with van der Waals surface area (Å²) in [5.41, 5.74) is 3.98. The Morgan fingerprint density at radius 2 is 1.51 bits per heavy atom. The third-order valence-corrected chi connectivity index (χ3v) is 9.15. The van der Waals surface area contributed by atoms with E-state index in [1.54, 1.807) is 47.4 Å². The second-order valence-corrected chi connectivity index (χ2v) is 12.8. The first-order valence-electron chi connectivity index (χ1n) is 14.5. The van der Waals surface area contributed by atoms with Crippen LogP contribution in [0.25, 0.3) is 0 Å².